The smallest absolute Gasteiger partial charge is 0.410 e. The maximum absolute atomic E-state index is 12.1. The number of rotatable bonds is 3. The molecule has 2 heterocycles. The molecule has 0 aliphatic carbocycles. The van der Waals surface area contributed by atoms with Crippen LogP contribution in [0.25, 0.3) is 0 Å². The van der Waals surface area contributed by atoms with Crippen LogP contribution in [-0.2, 0) is 11.3 Å². The zero-order valence-electron chi connectivity index (χ0n) is 16.8. The van der Waals surface area contributed by atoms with Gasteiger partial charge in [0, 0.05) is 52.0 Å². The Bertz CT molecular complexity index is 651. The topological polar surface area (TPSA) is 87.3 Å². The van der Waals surface area contributed by atoms with Crippen LogP contribution < -0.4 is 10.6 Å². The number of hydrogen-bond acceptors (Lipinski definition) is 5. The molecule has 0 radical (unpaired) electrons. The average Bonchev–Trinajstić information content (AvgIpc) is 2.58. The van der Waals surface area contributed by atoms with Crippen molar-refractivity contribution in [2.75, 3.05) is 45.2 Å². The van der Waals surface area contributed by atoms with Crippen LogP contribution in [0.2, 0.25) is 0 Å². The molecule has 1 aromatic rings. The summed E-state index contributed by atoms with van der Waals surface area (Å²) in [4.78, 5) is 26.7. The number of halogens is 1. The van der Waals surface area contributed by atoms with Crippen molar-refractivity contribution in [3.05, 3.63) is 23.9 Å². The summed E-state index contributed by atoms with van der Waals surface area (Å²) in [6.07, 6.45) is 1.49. The van der Waals surface area contributed by atoms with E-state index in [-0.39, 0.29) is 30.1 Å². The van der Waals surface area contributed by atoms with Gasteiger partial charge in [-0.25, -0.2) is 14.8 Å². The van der Waals surface area contributed by atoms with Crippen molar-refractivity contribution in [1.29, 1.82) is 0 Å². The van der Waals surface area contributed by atoms with Gasteiger partial charge in [-0.15, -0.1) is 24.0 Å². The summed E-state index contributed by atoms with van der Waals surface area (Å²) in [6, 6.07) is 3.90. The fourth-order valence-corrected chi connectivity index (χ4v) is 2.67. The third-order valence-corrected chi connectivity index (χ3v) is 3.96. The molecule has 2 N–H and O–H groups in total. The lowest BCUT2D eigenvalue weighted by Crippen LogP contribution is -2.53. The third-order valence-electron chi connectivity index (χ3n) is 3.96. The highest BCUT2D eigenvalue weighted by atomic mass is 127. The number of ether oxygens (including phenoxy) is 1. The van der Waals surface area contributed by atoms with Crippen molar-refractivity contribution >= 4 is 41.8 Å². The van der Waals surface area contributed by atoms with E-state index < -0.39 is 5.60 Å². The van der Waals surface area contributed by atoms with Crippen molar-refractivity contribution in [1.82, 2.24) is 14.8 Å². The Morgan fingerprint density at radius 3 is 2.41 bits per heavy atom. The number of guanidine groups is 1. The Morgan fingerprint density at radius 2 is 1.85 bits per heavy atom. The SMILES string of the molecule is CN(C)c1ncccc1CN=C(N)N1CCN(C(=O)OC(C)(C)C)CC1.I. The van der Waals surface area contributed by atoms with Crippen molar-refractivity contribution < 1.29 is 9.53 Å². The maximum atomic E-state index is 12.1. The molecular weight excluding hydrogens is 459 g/mol. The first-order valence-corrected chi connectivity index (χ1v) is 8.81. The molecule has 0 atom stereocenters. The van der Waals surface area contributed by atoms with E-state index in [4.69, 9.17) is 10.5 Å². The van der Waals surface area contributed by atoms with Gasteiger partial charge >= 0.3 is 6.09 Å². The van der Waals surface area contributed by atoms with E-state index in [1.165, 1.54) is 0 Å². The molecule has 0 unspecified atom stereocenters. The van der Waals surface area contributed by atoms with Gasteiger partial charge in [-0.1, -0.05) is 6.07 Å². The summed E-state index contributed by atoms with van der Waals surface area (Å²) in [5.41, 5.74) is 6.69. The average molecular weight is 490 g/mol. The minimum Gasteiger partial charge on any atom is -0.444 e. The van der Waals surface area contributed by atoms with E-state index in [9.17, 15) is 4.79 Å². The van der Waals surface area contributed by atoms with E-state index in [0.29, 0.717) is 38.7 Å². The van der Waals surface area contributed by atoms with E-state index >= 15 is 0 Å². The minimum absolute atomic E-state index is 0. The van der Waals surface area contributed by atoms with Gasteiger partial charge in [0.1, 0.15) is 11.4 Å². The molecule has 1 amide bonds. The number of amides is 1. The van der Waals surface area contributed by atoms with Gasteiger partial charge in [0.05, 0.1) is 6.54 Å². The molecular formula is C18H31IN6O2. The lowest BCUT2D eigenvalue weighted by molar-refractivity contribution is 0.0186. The Kier molecular flexibility index (Phi) is 8.58. The first kappa shape index (κ1) is 23.3. The van der Waals surface area contributed by atoms with Crippen LogP contribution in [0.1, 0.15) is 26.3 Å². The highest BCUT2D eigenvalue weighted by Crippen LogP contribution is 2.16. The summed E-state index contributed by atoms with van der Waals surface area (Å²) in [5.74, 6) is 1.38. The molecule has 0 bridgehead atoms. The predicted molar refractivity (Wildman–Crippen MR) is 119 cm³/mol. The first-order valence-electron chi connectivity index (χ1n) is 8.81. The summed E-state index contributed by atoms with van der Waals surface area (Å²) < 4.78 is 5.41. The number of nitrogens with two attached hydrogens (primary N) is 1. The molecule has 1 fully saturated rings. The standard InChI is InChI=1S/C18H30N6O2.HI/c1-18(2,3)26-17(25)24-11-9-23(10-12-24)16(19)21-13-14-7-6-8-20-15(14)22(4)5;/h6-8H,9-13H2,1-5H3,(H2,19,21);1H. The maximum Gasteiger partial charge on any atom is 0.410 e. The van der Waals surface area contributed by atoms with Gasteiger partial charge in [-0.2, -0.15) is 0 Å². The molecule has 27 heavy (non-hydrogen) atoms. The van der Waals surface area contributed by atoms with E-state index in [2.05, 4.69) is 9.98 Å². The zero-order chi connectivity index (χ0) is 19.3. The fraction of sp³-hybridized carbons (Fsp3) is 0.611. The number of hydrogen-bond donors (Lipinski definition) is 1. The largest absolute Gasteiger partial charge is 0.444 e. The van der Waals surface area contributed by atoms with Gasteiger partial charge in [-0.05, 0) is 26.8 Å². The van der Waals surface area contributed by atoms with Crippen molar-refractivity contribution in [3.8, 4) is 0 Å². The number of pyridine rings is 1. The van der Waals surface area contributed by atoms with Crippen LogP contribution in [0.5, 0.6) is 0 Å². The molecule has 0 spiro atoms. The van der Waals surface area contributed by atoms with Gasteiger partial charge < -0.3 is 25.2 Å². The monoisotopic (exact) mass is 490 g/mol. The summed E-state index contributed by atoms with van der Waals surface area (Å²) in [5, 5.41) is 0. The summed E-state index contributed by atoms with van der Waals surface area (Å²) in [6.45, 7) is 8.50. The number of carbonyl (C=O) groups is 1. The highest BCUT2D eigenvalue weighted by Gasteiger charge is 2.26. The van der Waals surface area contributed by atoms with Crippen molar-refractivity contribution in [3.63, 3.8) is 0 Å². The molecule has 1 aromatic heterocycles. The van der Waals surface area contributed by atoms with Crippen LogP contribution in [-0.4, -0.2) is 72.7 Å². The Balaban J connectivity index is 0.00000364. The van der Waals surface area contributed by atoms with Crippen LogP contribution in [0, 0.1) is 0 Å². The second kappa shape index (κ2) is 9.95. The number of piperazine rings is 1. The summed E-state index contributed by atoms with van der Waals surface area (Å²) in [7, 11) is 3.91. The van der Waals surface area contributed by atoms with Crippen molar-refractivity contribution in [2.45, 2.75) is 32.9 Å². The Labute approximate surface area is 178 Å². The molecule has 1 aliphatic heterocycles. The molecule has 1 saturated heterocycles. The number of anilines is 1. The third kappa shape index (κ3) is 7.04. The quantitative estimate of drug-likeness (QED) is 0.397. The molecule has 0 saturated carbocycles. The molecule has 2 rings (SSSR count). The van der Waals surface area contributed by atoms with E-state index in [0.717, 1.165) is 11.4 Å². The lowest BCUT2D eigenvalue weighted by Gasteiger charge is -2.36. The summed E-state index contributed by atoms with van der Waals surface area (Å²) >= 11 is 0. The Hall–Kier alpha value is -1.78. The van der Waals surface area contributed by atoms with Gasteiger partial charge in [-0.3, -0.25) is 0 Å². The van der Waals surface area contributed by atoms with Gasteiger partial charge in [0.15, 0.2) is 5.96 Å². The molecule has 0 aromatic carbocycles. The zero-order valence-corrected chi connectivity index (χ0v) is 19.1. The Morgan fingerprint density at radius 1 is 1.26 bits per heavy atom. The lowest BCUT2D eigenvalue weighted by atomic mass is 10.2. The predicted octanol–water partition coefficient (Wildman–Crippen LogP) is 2.13. The first-order chi connectivity index (χ1) is 12.2. The molecule has 1 aliphatic rings. The van der Waals surface area contributed by atoms with Crippen LogP contribution in [0.4, 0.5) is 10.6 Å². The second-order valence-electron chi connectivity index (χ2n) is 7.51. The van der Waals surface area contributed by atoms with E-state index in [1.807, 2.05) is 56.8 Å². The molecule has 152 valence electrons. The number of carbonyl (C=O) groups excluding carboxylic acids is 1. The van der Waals surface area contributed by atoms with Gasteiger partial charge in [0.2, 0.25) is 0 Å². The fourth-order valence-electron chi connectivity index (χ4n) is 2.67. The van der Waals surface area contributed by atoms with Crippen LogP contribution in [0.15, 0.2) is 23.3 Å². The van der Waals surface area contributed by atoms with E-state index in [1.54, 1.807) is 11.1 Å². The highest BCUT2D eigenvalue weighted by molar-refractivity contribution is 14.0. The number of aromatic nitrogens is 1. The van der Waals surface area contributed by atoms with Gasteiger partial charge in [0.25, 0.3) is 0 Å². The van der Waals surface area contributed by atoms with Crippen LogP contribution >= 0.6 is 24.0 Å². The minimum atomic E-state index is -0.484. The van der Waals surface area contributed by atoms with Crippen LogP contribution in [0.3, 0.4) is 0 Å². The molecule has 9 heteroatoms. The number of aliphatic imine (C=N–C) groups is 1. The second-order valence-corrected chi connectivity index (χ2v) is 7.51. The number of nitrogens with zero attached hydrogens (tertiary/aromatic N) is 5. The molecule has 8 nitrogen and oxygen atoms in total. The van der Waals surface area contributed by atoms with Crippen molar-refractivity contribution in [2.24, 2.45) is 10.7 Å². The normalized spacial score (nSPS) is 15.2.